The second-order valence-electron chi connectivity index (χ2n) is 7.03. The summed E-state index contributed by atoms with van der Waals surface area (Å²) in [5.74, 6) is -0.133. The Balaban J connectivity index is 2.44. The molecule has 0 bridgehead atoms. The molecule has 0 aliphatic carbocycles. The summed E-state index contributed by atoms with van der Waals surface area (Å²) in [7, 11) is 0. The lowest BCUT2D eigenvalue weighted by atomic mass is 9.89. The van der Waals surface area contributed by atoms with Gasteiger partial charge >= 0.3 is 0 Å². The highest BCUT2D eigenvalue weighted by molar-refractivity contribution is 5.95. The van der Waals surface area contributed by atoms with Gasteiger partial charge < -0.3 is 11.1 Å². The van der Waals surface area contributed by atoms with Crippen molar-refractivity contribution in [3.05, 3.63) is 47.3 Å². The molecule has 1 aromatic carbocycles. The van der Waals surface area contributed by atoms with Crippen LogP contribution in [0, 0.1) is 6.92 Å². The second kappa shape index (κ2) is 6.54. The molecule has 0 aliphatic heterocycles. The van der Waals surface area contributed by atoms with E-state index in [2.05, 4.69) is 31.2 Å². The molecular weight excluding hydrogens is 288 g/mol. The molecule has 1 atom stereocenters. The molecule has 124 valence electrons. The topological polar surface area (TPSA) is 72.9 Å². The number of aromatic nitrogens is 2. The third-order valence-corrected chi connectivity index (χ3v) is 3.70. The minimum absolute atomic E-state index is 0.0713. The fourth-order valence-corrected chi connectivity index (χ4v) is 2.28. The lowest BCUT2D eigenvalue weighted by Gasteiger charge is -2.18. The average Bonchev–Trinajstić information content (AvgIpc) is 2.93. The van der Waals surface area contributed by atoms with E-state index in [0.717, 1.165) is 11.4 Å². The molecule has 0 spiro atoms. The molecule has 1 aromatic heterocycles. The van der Waals surface area contributed by atoms with Gasteiger partial charge in [-0.3, -0.25) is 4.79 Å². The highest BCUT2D eigenvalue weighted by atomic mass is 16.1. The fourth-order valence-electron chi connectivity index (χ4n) is 2.28. The zero-order chi connectivity index (χ0) is 17.2. The van der Waals surface area contributed by atoms with Crippen LogP contribution in [0.2, 0.25) is 0 Å². The Morgan fingerprint density at radius 2 is 1.91 bits per heavy atom. The molecule has 0 unspecified atom stereocenters. The predicted octanol–water partition coefficient (Wildman–Crippen LogP) is 2.56. The van der Waals surface area contributed by atoms with Crippen molar-refractivity contribution in [2.75, 3.05) is 6.54 Å². The first-order valence-electron chi connectivity index (χ1n) is 7.90. The minimum atomic E-state index is -0.228. The number of carbonyl (C=O) groups excluding carboxylic acids is 1. The normalized spacial score (nSPS) is 13.0. The SMILES string of the molecule is Cc1ccc(-n2cc(C(=O)N[C@@H](C)CN)c(C(C)(C)C)n2)cc1. The van der Waals surface area contributed by atoms with Crippen LogP contribution in [0.25, 0.3) is 5.69 Å². The van der Waals surface area contributed by atoms with Gasteiger partial charge in [0.2, 0.25) is 0 Å². The summed E-state index contributed by atoms with van der Waals surface area (Å²) >= 11 is 0. The maximum atomic E-state index is 12.6. The number of rotatable bonds is 4. The molecule has 2 aromatic rings. The van der Waals surface area contributed by atoms with Crippen molar-refractivity contribution in [2.45, 2.75) is 46.1 Å². The van der Waals surface area contributed by atoms with Crippen LogP contribution in [0.15, 0.2) is 30.5 Å². The van der Waals surface area contributed by atoms with E-state index in [1.807, 2.05) is 38.1 Å². The molecule has 1 amide bonds. The lowest BCUT2D eigenvalue weighted by molar-refractivity contribution is 0.0939. The maximum Gasteiger partial charge on any atom is 0.255 e. The van der Waals surface area contributed by atoms with Gasteiger partial charge in [-0.25, -0.2) is 4.68 Å². The summed E-state index contributed by atoms with van der Waals surface area (Å²) in [4.78, 5) is 12.6. The molecule has 0 aliphatic rings. The highest BCUT2D eigenvalue weighted by Gasteiger charge is 2.27. The van der Waals surface area contributed by atoms with Crippen molar-refractivity contribution in [1.29, 1.82) is 0 Å². The molecule has 0 saturated heterocycles. The van der Waals surface area contributed by atoms with Crippen LogP contribution in [0.4, 0.5) is 0 Å². The van der Waals surface area contributed by atoms with Crippen molar-refractivity contribution in [1.82, 2.24) is 15.1 Å². The van der Waals surface area contributed by atoms with Crippen molar-refractivity contribution < 1.29 is 4.79 Å². The van der Waals surface area contributed by atoms with Gasteiger partial charge in [-0.15, -0.1) is 0 Å². The van der Waals surface area contributed by atoms with Gasteiger partial charge in [-0.1, -0.05) is 38.5 Å². The number of aryl methyl sites for hydroxylation is 1. The van der Waals surface area contributed by atoms with Crippen molar-refractivity contribution >= 4 is 5.91 Å². The van der Waals surface area contributed by atoms with E-state index in [0.29, 0.717) is 12.1 Å². The standard InChI is InChI=1S/C18H26N4O/c1-12-6-8-14(9-7-12)22-11-15(16(21-22)18(3,4)5)17(23)20-13(2)10-19/h6-9,11,13H,10,19H2,1-5H3,(H,20,23)/t13-/m0/s1. The predicted molar refractivity (Wildman–Crippen MR) is 93.0 cm³/mol. The van der Waals surface area contributed by atoms with Gasteiger partial charge in [-0.2, -0.15) is 5.10 Å². The number of amides is 1. The molecule has 1 heterocycles. The maximum absolute atomic E-state index is 12.6. The molecule has 5 nitrogen and oxygen atoms in total. The smallest absolute Gasteiger partial charge is 0.255 e. The van der Waals surface area contributed by atoms with E-state index in [-0.39, 0.29) is 17.4 Å². The molecule has 0 radical (unpaired) electrons. The third-order valence-electron chi connectivity index (χ3n) is 3.70. The average molecular weight is 314 g/mol. The molecule has 0 saturated carbocycles. The monoisotopic (exact) mass is 314 g/mol. The Morgan fingerprint density at radius 3 is 2.43 bits per heavy atom. The van der Waals surface area contributed by atoms with Gasteiger partial charge in [0.25, 0.3) is 5.91 Å². The molecule has 5 heteroatoms. The number of nitrogens with one attached hydrogen (secondary N) is 1. The van der Waals surface area contributed by atoms with Crippen LogP contribution in [0.5, 0.6) is 0 Å². The van der Waals surface area contributed by atoms with Crippen LogP contribution in [0.3, 0.4) is 0 Å². The fraction of sp³-hybridized carbons (Fsp3) is 0.444. The van der Waals surface area contributed by atoms with Crippen LogP contribution in [0.1, 0.15) is 49.3 Å². The quantitative estimate of drug-likeness (QED) is 0.911. The summed E-state index contributed by atoms with van der Waals surface area (Å²) in [6.07, 6.45) is 1.80. The van der Waals surface area contributed by atoms with E-state index >= 15 is 0 Å². The van der Waals surface area contributed by atoms with Crippen LogP contribution >= 0.6 is 0 Å². The zero-order valence-corrected chi connectivity index (χ0v) is 14.6. The third kappa shape index (κ3) is 3.99. The molecular formula is C18H26N4O. The zero-order valence-electron chi connectivity index (χ0n) is 14.6. The Bertz CT molecular complexity index is 680. The summed E-state index contributed by atoms with van der Waals surface area (Å²) in [6.45, 7) is 10.5. The van der Waals surface area contributed by atoms with E-state index in [1.54, 1.807) is 10.9 Å². The largest absolute Gasteiger partial charge is 0.348 e. The van der Waals surface area contributed by atoms with E-state index in [4.69, 9.17) is 5.73 Å². The number of hydrogen-bond donors (Lipinski definition) is 2. The Morgan fingerprint density at radius 1 is 1.30 bits per heavy atom. The van der Waals surface area contributed by atoms with Crippen molar-refractivity contribution in [3.63, 3.8) is 0 Å². The first-order chi connectivity index (χ1) is 10.7. The lowest BCUT2D eigenvalue weighted by Crippen LogP contribution is -2.38. The summed E-state index contributed by atoms with van der Waals surface area (Å²) in [6, 6.07) is 7.99. The summed E-state index contributed by atoms with van der Waals surface area (Å²) < 4.78 is 1.77. The first kappa shape index (κ1) is 17.2. The van der Waals surface area contributed by atoms with Crippen molar-refractivity contribution in [2.24, 2.45) is 5.73 Å². The number of nitrogens with zero attached hydrogens (tertiary/aromatic N) is 2. The van der Waals surface area contributed by atoms with E-state index in [1.165, 1.54) is 5.56 Å². The molecule has 2 rings (SSSR count). The highest BCUT2D eigenvalue weighted by Crippen LogP contribution is 2.25. The number of carbonyl (C=O) groups is 1. The summed E-state index contributed by atoms with van der Waals surface area (Å²) in [5.41, 5.74) is 8.87. The molecule has 3 N–H and O–H groups in total. The first-order valence-corrected chi connectivity index (χ1v) is 7.90. The number of nitrogens with two attached hydrogens (primary N) is 1. The van der Waals surface area contributed by atoms with Gasteiger partial charge in [0.1, 0.15) is 0 Å². The van der Waals surface area contributed by atoms with Crippen LogP contribution in [-0.2, 0) is 5.41 Å². The van der Waals surface area contributed by atoms with Crippen molar-refractivity contribution in [3.8, 4) is 5.69 Å². The van der Waals surface area contributed by atoms with Gasteiger partial charge in [0.15, 0.2) is 0 Å². The minimum Gasteiger partial charge on any atom is -0.348 e. The second-order valence-corrected chi connectivity index (χ2v) is 7.03. The van der Waals surface area contributed by atoms with E-state index in [9.17, 15) is 4.79 Å². The summed E-state index contributed by atoms with van der Waals surface area (Å²) in [5, 5.41) is 7.58. The van der Waals surface area contributed by atoms with Crippen LogP contribution < -0.4 is 11.1 Å². The molecule has 23 heavy (non-hydrogen) atoms. The Hall–Kier alpha value is -2.14. The Labute approximate surface area is 137 Å². The van der Waals surface area contributed by atoms with Gasteiger partial charge in [-0.05, 0) is 26.0 Å². The van der Waals surface area contributed by atoms with Gasteiger partial charge in [0, 0.05) is 24.2 Å². The van der Waals surface area contributed by atoms with E-state index < -0.39 is 0 Å². The number of benzene rings is 1. The van der Waals surface area contributed by atoms with Crippen LogP contribution in [-0.4, -0.2) is 28.3 Å². The molecule has 0 fully saturated rings. The Kier molecular flexibility index (Phi) is 4.90. The number of hydrogen-bond acceptors (Lipinski definition) is 3. The van der Waals surface area contributed by atoms with Gasteiger partial charge in [0.05, 0.1) is 16.9 Å².